The summed E-state index contributed by atoms with van der Waals surface area (Å²) >= 11 is 6.19. The van der Waals surface area contributed by atoms with Crippen LogP contribution in [0.25, 0.3) is 10.9 Å². The second kappa shape index (κ2) is 7.38. The van der Waals surface area contributed by atoms with Crippen molar-refractivity contribution >= 4 is 41.4 Å². The number of rotatable bonds is 5. The maximum absolute atomic E-state index is 6.19. The molecule has 0 aromatic carbocycles. The Hall–Kier alpha value is -1.50. The Morgan fingerprint density at radius 1 is 1.52 bits per heavy atom. The summed E-state index contributed by atoms with van der Waals surface area (Å²) in [5, 5.41) is 1.43. The van der Waals surface area contributed by atoms with Gasteiger partial charge in [0.25, 0.3) is 0 Å². The van der Waals surface area contributed by atoms with E-state index >= 15 is 0 Å². The minimum absolute atomic E-state index is 0.413. The Morgan fingerprint density at radius 2 is 2.39 bits per heavy atom. The molecule has 0 bridgehead atoms. The van der Waals surface area contributed by atoms with Crippen molar-refractivity contribution in [3.63, 3.8) is 0 Å². The van der Waals surface area contributed by atoms with Gasteiger partial charge in [0.15, 0.2) is 0 Å². The van der Waals surface area contributed by atoms with Crippen LogP contribution in [-0.2, 0) is 4.74 Å². The van der Waals surface area contributed by atoms with Crippen LogP contribution in [0.2, 0.25) is 5.02 Å². The van der Waals surface area contributed by atoms with Gasteiger partial charge in [-0.15, -0.1) is 0 Å². The van der Waals surface area contributed by atoms with Gasteiger partial charge in [-0.05, 0) is 0 Å². The summed E-state index contributed by atoms with van der Waals surface area (Å²) < 4.78 is 11.3. The number of halogens is 1. The Bertz CT molecular complexity index is 713. The molecule has 0 spiro atoms. The summed E-state index contributed by atoms with van der Waals surface area (Å²) in [4.78, 5) is 11.1. The monoisotopic (exact) mass is 331 g/mol. The number of pyridine rings is 2. The molecule has 2 aromatic rings. The molecule has 3 heterocycles. The predicted molar refractivity (Wildman–Crippen MR) is 94.4 cm³/mol. The van der Waals surface area contributed by atoms with E-state index in [4.69, 9.17) is 21.1 Å². The third-order valence-corrected chi connectivity index (χ3v) is 4.39. The fraction of sp³-hybridized carbons (Fsp3) is 0.438. The van der Waals surface area contributed by atoms with Crippen LogP contribution in [0.15, 0.2) is 18.5 Å². The Labute approximate surface area is 141 Å². The molecule has 0 amide bonds. The molecule has 3 rings (SSSR count). The summed E-state index contributed by atoms with van der Waals surface area (Å²) in [7, 11) is 0. The van der Waals surface area contributed by atoms with E-state index in [0.717, 1.165) is 42.7 Å². The molecule has 0 saturated carbocycles. The molecular weight excluding hydrogens is 312 g/mol. The predicted octanol–water partition coefficient (Wildman–Crippen LogP) is 1.14. The molecule has 0 radical (unpaired) electrons. The van der Waals surface area contributed by atoms with E-state index in [1.165, 1.54) is 0 Å². The van der Waals surface area contributed by atoms with Gasteiger partial charge in [-0.2, -0.15) is 0 Å². The van der Waals surface area contributed by atoms with Gasteiger partial charge in [0, 0.05) is 0 Å². The number of morpholine rings is 1. The van der Waals surface area contributed by atoms with E-state index in [9.17, 15) is 0 Å². The normalized spacial score (nSPS) is 18.8. The van der Waals surface area contributed by atoms with E-state index < -0.39 is 0 Å². The maximum atomic E-state index is 6.19. The average Bonchev–Trinajstić information content (AvgIpc) is 2.56. The summed E-state index contributed by atoms with van der Waals surface area (Å²) in [6.07, 6.45) is 3.38. The number of ether oxygens (including phenoxy) is 2. The van der Waals surface area contributed by atoms with Gasteiger partial charge in [-0.1, -0.05) is 0 Å². The molecule has 23 heavy (non-hydrogen) atoms. The van der Waals surface area contributed by atoms with Crippen LogP contribution in [0.1, 0.15) is 6.92 Å². The third kappa shape index (κ3) is 3.55. The molecule has 1 fully saturated rings. The van der Waals surface area contributed by atoms with Gasteiger partial charge in [0.2, 0.25) is 0 Å². The van der Waals surface area contributed by atoms with Crippen LogP contribution >= 0.6 is 11.6 Å². The molecule has 120 valence electrons. The fourth-order valence-electron chi connectivity index (χ4n) is 2.73. The molecule has 0 N–H and O–H groups in total. The first-order valence-corrected chi connectivity index (χ1v) is 8.08. The molecule has 5 nitrogen and oxygen atoms in total. The van der Waals surface area contributed by atoms with Crippen LogP contribution in [0.5, 0.6) is 5.88 Å². The summed E-state index contributed by atoms with van der Waals surface area (Å²) in [5.41, 5.74) is 1.54. The zero-order valence-corrected chi connectivity index (χ0v) is 13.9. The van der Waals surface area contributed by atoms with Crippen LogP contribution < -0.4 is 10.2 Å². The van der Waals surface area contributed by atoms with Crippen molar-refractivity contribution < 1.29 is 9.47 Å². The standard InChI is InChI=1S/C16H19BClN3O2/c1-11-10-22-7-5-21(11)6-8-23-16-14(17-2)15-12(9-20-16)13(18)3-4-19-15/h3-4,9,11H,2,5-8,10H2,1H3/t11-/m0/s1. The molecule has 1 saturated heterocycles. The second-order valence-electron chi connectivity index (χ2n) is 5.54. The van der Waals surface area contributed by atoms with Crippen LogP contribution in [0.3, 0.4) is 0 Å². The Balaban J connectivity index is 1.74. The first-order chi connectivity index (χ1) is 11.2. The van der Waals surface area contributed by atoms with Crippen molar-refractivity contribution in [2.24, 2.45) is 0 Å². The number of hydrogen-bond donors (Lipinski definition) is 0. The zero-order valence-electron chi connectivity index (χ0n) is 13.2. The van der Waals surface area contributed by atoms with Gasteiger partial charge < -0.3 is 0 Å². The van der Waals surface area contributed by atoms with E-state index in [1.54, 1.807) is 25.4 Å². The molecule has 2 aromatic heterocycles. The number of aromatic nitrogens is 2. The summed E-state index contributed by atoms with van der Waals surface area (Å²) in [6, 6.07) is 2.16. The van der Waals surface area contributed by atoms with E-state index in [0.29, 0.717) is 23.6 Å². The summed E-state index contributed by atoms with van der Waals surface area (Å²) in [6.45, 7) is 11.6. The van der Waals surface area contributed by atoms with Crippen LogP contribution in [-0.4, -0.2) is 67.2 Å². The summed E-state index contributed by atoms with van der Waals surface area (Å²) in [5.74, 6) is 0.545. The average molecular weight is 332 g/mol. The number of fused-ring (bicyclic) bond motifs is 1. The van der Waals surface area contributed by atoms with E-state index in [2.05, 4.69) is 28.3 Å². The van der Waals surface area contributed by atoms with Gasteiger partial charge in [0.05, 0.1) is 0 Å². The molecule has 1 aliphatic rings. The van der Waals surface area contributed by atoms with Gasteiger partial charge in [-0.25, -0.2) is 0 Å². The molecular formula is C16H19BClN3O2. The minimum atomic E-state index is 0.413. The van der Waals surface area contributed by atoms with Crippen molar-refractivity contribution in [2.45, 2.75) is 13.0 Å². The van der Waals surface area contributed by atoms with Crippen LogP contribution in [0.4, 0.5) is 0 Å². The number of hydrogen-bond acceptors (Lipinski definition) is 5. The van der Waals surface area contributed by atoms with Crippen molar-refractivity contribution in [3.05, 3.63) is 23.5 Å². The first-order valence-electron chi connectivity index (χ1n) is 7.71. The quantitative estimate of drug-likeness (QED) is 0.769. The topological polar surface area (TPSA) is 47.5 Å². The van der Waals surface area contributed by atoms with Crippen LogP contribution in [0, 0.1) is 0 Å². The van der Waals surface area contributed by atoms with Crippen molar-refractivity contribution in [3.8, 4) is 5.88 Å². The Morgan fingerprint density at radius 3 is 3.17 bits per heavy atom. The molecule has 0 aliphatic carbocycles. The number of nitrogens with zero attached hydrogens (tertiary/aromatic N) is 3. The van der Waals surface area contributed by atoms with E-state index in [-0.39, 0.29) is 0 Å². The second-order valence-corrected chi connectivity index (χ2v) is 5.95. The third-order valence-electron chi connectivity index (χ3n) is 4.06. The van der Waals surface area contributed by atoms with Gasteiger partial charge in [-0.3, -0.25) is 0 Å². The molecule has 1 aliphatic heterocycles. The van der Waals surface area contributed by atoms with Crippen molar-refractivity contribution in [2.75, 3.05) is 32.9 Å². The van der Waals surface area contributed by atoms with Crippen molar-refractivity contribution in [1.29, 1.82) is 0 Å². The molecule has 0 unspecified atom stereocenters. The molecule has 7 heteroatoms. The van der Waals surface area contributed by atoms with E-state index in [1.807, 2.05) is 0 Å². The molecule has 1 atom stereocenters. The van der Waals surface area contributed by atoms with Gasteiger partial charge in [0.1, 0.15) is 0 Å². The fourth-order valence-corrected chi connectivity index (χ4v) is 2.93. The zero-order chi connectivity index (χ0) is 16.2. The van der Waals surface area contributed by atoms with Gasteiger partial charge >= 0.3 is 141 Å². The van der Waals surface area contributed by atoms with Crippen molar-refractivity contribution in [1.82, 2.24) is 14.9 Å². The Kier molecular flexibility index (Phi) is 5.25. The first kappa shape index (κ1) is 16.4. The SMILES string of the molecule is C=Bc1c(OCCN2CCOC[C@@H]2C)ncc2c(Cl)ccnc12.